The van der Waals surface area contributed by atoms with Gasteiger partial charge in [0.2, 0.25) is 0 Å². The maximum Gasteiger partial charge on any atom is 0.305 e. The zero-order valence-corrected chi connectivity index (χ0v) is 11.5. The van der Waals surface area contributed by atoms with Crippen molar-refractivity contribution in [1.29, 1.82) is 0 Å². The quantitative estimate of drug-likeness (QED) is 0.851. The summed E-state index contributed by atoms with van der Waals surface area (Å²) in [4.78, 5) is 31.4. The fraction of sp³-hybridized carbons (Fsp3) is 0.462. The lowest BCUT2D eigenvalue weighted by molar-refractivity contribution is -0.139. The first-order valence-corrected chi connectivity index (χ1v) is 6.70. The van der Waals surface area contributed by atoms with Crippen molar-refractivity contribution in [3.8, 4) is 0 Å². The number of fused-ring (bicyclic) bond motifs is 1. The van der Waals surface area contributed by atoms with E-state index in [1.54, 1.807) is 6.92 Å². The Morgan fingerprint density at radius 1 is 1.43 bits per heavy atom. The summed E-state index contributed by atoms with van der Waals surface area (Å²) in [5.74, 6) is -0.803. The minimum absolute atomic E-state index is 0.0587. The van der Waals surface area contributed by atoms with Crippen LogP contribution in [0.2, 0.25) is 0 Å². The summed E-state index contributed by atoms with van der Waals surface area (Å²) in [7, 11) is 0. The lowest BCUT2D eigenvalue weighted by atomic mass is 9.74. The van der Waals surface area contributed by atoms with Gasteiger partial charge in [0.1, 0.15) is 6.33 Å². The minimum Gasteiger partial charge on any atom is -0.481 e. The Morgan fingerprint density at radius 3 is 2.81 bits per heavy atom. The number of amides is 1. The summed E-state index contributed by atoms with van der Waals surface area (Å²) in [5.41, 5.74) is 0.372. The second kappa shape index (κ2) is 4.80. The van der Waals surface area contributed by atoms with Gasteiger partial charge < -0.3 is 10.4 Å². The molecule has 1 fully saturated rings. The summed E-state index contributed by atoms with van der Waals surface area (Å²) in [6.45, 7) is 1.75. The summed E-state index contributed by atoms with van der Waals surface area (Å²) < 4.78 is 1.49. The number of hydrogen-bond donors (Lipinski definition) is 2. The summed E-state index contributed by atoms with van der Waals surface area (Å²) in [6.07, 6.45) is 5.05. The Morgan fingerprint density at radius 2 is 2.19 bits per heavy atom. The van der Waals surface area contributed by atoms with Gasteiger partial charge in [0, 0.05) is 6.20 Å². The van der Waals surface area contributed by atoms with E-state index in [1.165, 1.54) is 17.0 Å². The zero-order chi connectivity index (χ0) is 15.0. The zero-order valence-electron chi connectivity index (χ0n) is 11.5. The van der Waals surface area contributed by atoms with E-state index >= 15 is 0 Å². The van der Waals surface area contributed by atoms with Crippen LogP contribution in [0.15, 0.2) is 12.5 Å². The number of nitrogens with zero attached hydrogens (tertiary/aromatic N) is 4. The molecule has 0 aromatic carbocycles. The third kappa shape index (κ3) is 2.32. The van der Waals surface area contributed by atoms with Crippen LogP contribution < -0.4 is 5.32 Å². The van der Waals surface area contributed by atoms with Crippen LogP contribution >= 0.6 is 0 Å². The number of aromatic nitrogens is 4. The largest absolute Gasteiger partial charge is 0.481 e. The van der Waals surface area contributed by atoms with Crippen LogP contribution in [0.5, 0.6) is 0 Å². The number of carbonyl (C=O) groups excluding carboxylic acids is 1. The smallest absolute Gasteiger partial charge is 0.305 e. The van der Waals surface area contributed by atoms with Gasteiger partial charge >= 0.3 is 5.97 Å². The maximum atomic E-state index is 12.4. The van der Waals surface area contributed by atoms with E-state index in [0.717, 1.165) is 6.42 Å². The average molecular weight is 289 g/mol. The van der Waals surface area contributed by atoms with Crippen molar-refractivity contribution >= 4 is 17.7 Å². The third-order valence-electron chi connectivity index (χ3n) is 3.97. The van der Waals surface area contributed by atoms with Gasteiger partial charge in [0.05, 0.1) is 23.2 Å². The van der Waals surface area contributed by atoms with Crippen molar-refractivity contribution in [1.82, 2.24) is 24.9 Å². The Balaban J connectivity index is 1.86. The molecule has 0 bridgehead atoms. The standard InChI is InChI=1S/C13H15N5O3/c1-8-9(6-14-12-15-7-16-18(8)12)11(21)17-13(3-2-4-13)5-10(19)20/h6-7H,2-5H2,1H3,(H,17,21)(H,19,20). The molecule has 1 aliphatic rings. The van der Waals surface area contributed by atoms with E-state index in [0.29, 0.717) is 29.9 Å². The number of nitrogens with one attached hydrogen (secondary N) is 1. The van der Waals surface area contributed by atoms with Gasteiger partial charge in [0.15, 0.2) is 0 Å². The third-order valence-corrected chi connectivity index (χ3v) is 3.97. The molecule has 21 heavy (non-hydrogen) atoms. The molecular formula is C13H15N5O3. The van der Waals surface area contributed by atoms with Crippen LogP contribution in [0.25, 0.3) is 5.78 Å². The molecule has 0 aliphatic heterocycles. The number of carboxylic acids is 1. The first-order valence-electron chi connectivity index (χ1n) is 6.70. The number of aryl methyl sites for hydroxylation is 1. The molecule has 0 saturated heterocycles. The van der Waals surface area contributed by atoms with Crippen LogP contribution in [-0.2, 0) is 4.79 Å². The molecule has 0 radical (unpaired) electrons. The fourth-order valence-electron chi connectivity index (χ4n) is 2.66. The molecule has 2 aromatic heterocycles. The molecule has 8 nitrogen and oxygen atoms in total. The highest BCUT2D eigenvalue weighted by molar-refractivity contribution is 5.96. The summed E-state index contributed by atoms with van der Waals surface area (Å²) in [5, 5.41) is 15.8. The van der Waals surface area contributed by atoms with E-state index in [1.807, 2.05) is 0 Å². The van der Waals surface area contributed by atoms with E-state index in [-0.39, 0.29) is 12.3 Å². The Bertz CT molecular complexity index is 720. The Hall–Kier alpha value is -2.51. The first kappa shape index (κ1) is 13.5. The fourth-order valence-corrected chi connectivity index (χ4v) is 2.66. The minimum atomic E-state index is -0.906. The SMILES string of the molecule is Cc1c(C(=O)NC2(CC(=O)O)CCC2)cnc2ncnn12. The summed E-state index contributed by atoms with van der Waals surface area (Å²) >= 11 is 0. The highest BCUT2D eigenvalue weighted by atomic mass is 16.4. The second-order valence-electron chi connectivity index (χ2n) is 5.39. The van der Waals surface area contributed by atoms with Crippen molar-refractivity contribution in [2.24, 2.45) is 0 Å². The highest BCUT2D eigenvalue weighted by Crippen LogP contribution is 2.35. The highest BCUT2D eigenvalue weighted by Gasteiger charge is 2.40. The lowest BCUT2D eigenvalue weighted by Crippen LogP contribution is -2.54. The Kier molecular flexibility index (Phi) is 3.08. The van der Waals surface area contributed by atoms with Crippen LogP contribution in [0, 0.1) is 6.92 Å². The van der Waals surface area contributed by atoms with Crippen molar-refractivity contribution in [3.63, 3.8) is 0 Å². The second-order valence-corrected chi connectivity index (χ2v) is 5.39. The molecule has 1 saturated carbocycles. The van der Waals surface area contributed by atoms with Crippen molar-refractivity contribution in [2.75, 3.05) is 0 Å². The molecule has 0 spiro atoms. The van der Waals surface area contributed by atoms with E-state index in [2.05, 4.69) is 20.4 Å². The first-order chi connectivity index (χ1) is 10.0. The predicted molar refractivity (Wildman–Crippen MR) is 71.8 cm³/mol. The molecule has 0 unspecified atom stereocenters. The van der Waals surface area contributed by atoms with Crippen LogP contribution in [0.4, 0.5) is 0 Å². The van der Waals surface area contributed by atoms with Crippen LogP contribution in [0.1, 0.15) is 41.7 Å². The van der Waals surface area contributed by atoms with Gasteiger partial charge in [-0.1, -0.05) is 0 Å². The van der Waals surface area contributed by atoms with Crippen molar-refractivity contribution in [2.45, 2.75) is 38.1 Å². The van der Waals surface area contributed by atoms with Crippen LogP contribution in [-0.4, -0.2) is 42.1 Å². The number of carbonyl (C=O) groups is 2. The van der Waals surface area contributed by atoms with Gasteiger partial charge in [-0.25, -0.2) is 9.50 Å². The van der Waals surface area contributed by atoms with Gasteiger partial charge in [-0.3, -0.25) is 9.59 Å². The number of carboxylic acid groups (broad SMARTS) is 1. The van der Waals surface area contributed by atoms with Gasteiger partial charge in [-0.05, 0) is 26.2 Å². The maximum absolute atomic E-state index is 12.4. The molecule has 2 aromatic rings. The predicted octanol–water partition coefficient (Wildman–Crippen LogP) is 0.560. The van der Waals surface area contributed by atoms with Gasteiger partial charge in [-0.2, -0.15) is 10.1 Å². The van der Waals surface area contributed by atoms with Gasteiger partial charge in [-0.15, -0.1) is 0 Å². The van der Waals surface area contributed by atoms with Crippen molar-refractivity contribution < 1.29 is 14.7 Å². The summed E-state index contributed by atoms with van der Waals surface area (Å²) in [6, 6.07) is 0. The molecular weight excluding hydrogens is 274 g/mol. The monoisotopic (exact) mass is 289 g/mol. The molecule has 110 valence electrons. The molecule has 8 heteroatoms. The topological polar surface area (TPSA) is 109 Å². The molecule has 0 atom stereocenters. The van der Waals surface area contributed by atoms with E-state index in [4.69, 9.17) is 5.11 Å². The van der Waals surface area contributed by atoms with E-state index in [9.17, 15) is 9.59 Å². The van der Waals surface area contributed by atoms with Gasteiger partial charge in [0.25, 0.3) is 11.7 Å². The molecule has 2 heterocycles. The molecule has 1 aliphatic carbocycles. The molecule has 1 amide bonds. The normalized spacial score (nSPS) is 16.4. The van der Waals surface area contributed by atoms with Crippen LogP contribution in [0.3, 0.4) is 0 Å². The molecule has 3 rings (SSSR count). The van der Waals surface area contributed by atoms with Crippen molar-refractivity contribution in [3.05, 3.63) is 23.8 Å². The lowest BCUT2D eigenvalue weighted by Gasteiger charge is -2.41. The Labute approximate surface area is 120 Å². The molecule has 2 N–H and O–H groups in total. The van der Waals surface area contributed by atoms with E-state index < -0.39 is 11.5 Å². The number of hydrogen-bond acceptors (Lipinski definition) is 5. The number of aliphatic carboxylic acids is 1. The average Bonchev–Trinajstić information content (AvgIpc) is 2.85. The number of rotatable bonds is 4.